The topological polar surface area (TPSA) is 86.8 Å². The average Bonchev–Trinajstić information content (AvgIpc) is 3.55. The Bertz CT molecular complexity index is 1700. The van der Waals surface area contributed by atoms with Gasteiger partial charge in [-0.3, -0.25) is 13.9 Å². The Balaban J connectivity index is 1.56. The van der Waals surface area contributed by atoms with Crippen LogP contribution in [-0.4, -0.2) is 43.8 Å². The number of carbonyl (C=O) groups excluding carboxylic acids is 2. The van der Waals surface area contributed by atoms with Gasteiger partial charge in [-0.25, -0.2) is 8.42 Å². The second-order valence-electron chi connectivity index (χ2n) is 11.9. The first-order valence-electron chi connectivity index (χ1n) is 15.5. The number of aryl methyl sites for hydroxylation is 2. The summed E-state index contributed by atoms with van der Waals surface area (Å²) in [5.41, 5.74) is 4.06. The molecule has 0 unspecified atom stereocenters. The fourth-order valence-corrected chi connectivity index (χ4v) is 7.39. The molecule has 0 spiro atoms. The van der Waals surface area contributed by atoms with Crippen molar-refractivity contribution in [1.29, 1.82) is 0 Å². The van der Waals surface area contributed by atoms with E-state index in [0.717, 1.165) is 52.2 Å². The maximum atomic E-state index is 14.6. The summed E-state index contributed by atoms with van der Waals surface area (Å²) < 4.78 is 29.4. The number of hydrogen-bond acceptors (Lipinski definition) is 4. The second kappa shape index (κ2) is 14.6. The van der Waals surface area contributed by atoms with Gasteiger partial charge in [-0.05, 0) is 67.6 Å². The van der Waals surface area contributed by atoms with Crippen molar-refractivity contribution in [1.82, 2.24) is 10.2 Å². The number of anilines is 1. The lowest BCUT2D eigenvalue weighted by Gasteiger charge is -2.34. The molecule has 1 atom stereocenters. The lowest BCUT2D eigenvalue weighted by atomic mass is 10.0. The summed E-state index contributed by atoms with van der Waals surface area (Å²) in [7, 11) is -4.12. The van der Waals surface area contributed by atoms with E-state index in [1.807, 2.05) is 74.5 Å². The highest BCUT2D eigenvalue weighted by Crippen LogP contribution is 2.26. The van der Waals surface area contributed by atoms with Crippen molar-refractivity contribution in [2.24, 2.45) is 0 Å². The van der Waals surface area contributed by atoms with E-state index in [-0.39, 0.29) is 23.4 Å². The van der Waals surface area contributed by atoms with Gasteiger partial charge in [-0.1, -0.05) is 103 Å². The quantitative estimate of drug-likeness (QED) is 0.204. The van der Waals surface area contributed by atoms with Crippen molar-refractivity contribution in [2.75, 3.05) is 10.8 Å². The van der Waals surface area contributed by atoms with Gasteiger partial charge in [-0.15, -0.1) is 0 Å². The average molecular weight is 624 g/mol. The van der Waals surface area contributed by atoms with E-state index in [1.165, 1.54) is 12.1 Å². The van der Waals surface area contributed by atoms with E-state index < -0.39 is 28.5 Å². The molecule has 0 aromatic heterocycles. The summed E-state index contributed by atoms with van der Waals surface area (Å²) in [5.74, 6) is -0.681. The molecule has 5 rings (SSSR count). The molecular formula is C37H41N3O4S. The molecule has 1 aliphatic carbocycles. The minimum Gasteiger partial charge on any atom is -0.352 e. The molecule has 1 aliphatic rings. The van der Waals surface area contributed by atoms with Crippen molar-refractivity contribution < 1.29 is 18.0 Å². The van der Waals surface area contributed by atoms with Crippen molar-refractivity contribution in [3.63, 3.8) is 0 Å². The van der Waals surface area contributed by atoms with Gasteiger partial charge in [0.25, 0.3) is 10.0 Å². The molecule has 0 radical (unpaired) electrons. The van der Waals surface area contributed by atoms with Crippen molar-refractivity contribution in [3.8, 4) is 0 Å². The third-order valence-electron chi connectivity index (χ3n) is 8.31. The number of nitrogens with zero attached hydrogens (tertiary/aromatic N) is 2. The first-order chi connectivity index (χ1) is 21.7. The van der Waals surface area contributed by atoms with E-state index in [1.54, 1.807) is 41.3 Å². The van der Waals surface area contributed by atoms with Gasteiger partial charge in [0.2, 0.25) is 11.8 Å². The molecule has 1 fully saturated rings. The highest BCUT2D eigenvalue weighted by molar-refractivity contribution is 7.92. The Labute approximate surface area is 266 Å². The van der Waals surface area contributed by atoms with Crippen LogP contribution < -0.4 is 9.62 Å². The molecule has 234 valence electrons. The Morgan fingerprint density at radius 3 is 2.02 bits per heavy atom. The van der Waals surface area contributed by atoms with Crippen molar-refractivity contribution in [2.45, 2.75) is 69.5 Å². The van der Waals surface area contributed by atoms with Crippen molar-refractivity contribution in [3.05, 3.63) is 131 Å². The molecule has 0 saturated heterocycles. The van der Waals surface area contributed by atoms with Crippen LogP contribution in [0.5, 0.6) is 0 Å². The van der Waals surface area contributed by atoms with Gasteiger partial charge in [0, 0.05) is 19.0 Å². The normalized spacial score (nSPS) is 14.1. The van der Waals surface area contributed by atoms with Crippen LogP contribution in [0.2, 0.25) is 0 Å². The van der Waals surface area contributed by atoms with Gasteiger partial charge in [0.05, 0.1) is 10.6 Å². The Morgan fingerprint density at radius 2 is 1.38 bits per heavy atom. The zero-order chi connectivity index (χ0) is 31.8. The molecule has 4 aromatic carbocycles. The standard InChI is InChI=1S/C37H41N3O4S/c1-28-13-11-17-31(23-28)26-39(35(25-30-15-5-3-6-16-30)37(42)38-32-18-9-10-19-32)36(41)27-40(33-20-12-14-29(2)24-33)45(43,44)34-21-7-4-8-22-34/h3-8,11-17,20-24,32,35H,9-10,18-19,25-27H2,1-2H3,(H,38,42)/t35-/m0/s1. The van der Waals surface area contributed by atoms with Crippen LogP contribution in [0.15, 0.2) is 114 Å². The zero-order valence-electron chi connectivity index (χ0n) is 25.9. The molecule has 0 bridgehead atoms. The van der Waals surface area contributed by atoms with Gasteiger partial charge in [0.1, 0.15) is 12.6 Å². The summed E-state index contributed by atoms with van der Waals surface area (Å²) in [5, 5.41) is 3.22. The molecule has 1 saturated carbocycles. The van der Waals surface area contributed by atoms with Crippen LogP contribution in [0, 0.1) is 13.8 Å². The SMILES string of the molecule is Cc1cccc(CN(C(=O)CN(c2cccc(C)c2)S(=O)(=O)c2ccccc2)[C@@H](Cc2ccccc2)C(=O)NC2CCCC2)c1. The second-order valence-corrected chi connectivity index (χ2v) is 13.7. The molecule has 7 nitrogen and oxygen atoms in total. The fourth-order valence-electron chi connectivity index (χ4n) is 5.96. The molecule has 0 aliphatic heterocycles. The predicted molar refractivity (Wildman–Crippen MR) is 178 cm³/mol. The number of sulfonamides is 1. The first kappa shape index (κ1) is 32.0. The van der Waals surface area contributed by atoms with Crippen LogP contribution >= 0.6 is 0 Å². The summed E-state index contributed by atoms with van der Waals surface area (Å²) in [6, 6.07) is 31.9. The van der Waals surface area contributed by atoms with E-state index >= 15 is 0 Å². The summed E-state index contributed by atoms with van der Waals surface area (Å²) in [6.45, 7) is 3.55. The van der Waals surface area contributed by atoms with Gasteiger partial charge in [-0.2, -0.15) is 0 Å². The lowest BCUT2D eigenvalue weighted by molar-refractivity contribution is -0.140. The Morgan fingerprint density at radius 1 is 0.778 bits per heavy atom. The molecular weight excluding hydrogens is 582 g/mol. The number of carbonyl (C=O) groups is 2. The first-order valence-corrected chi connectivity index (χ1v) is 17.0. The maximum absolute atomic E-state index is 14.6. The molecule has 4 aromatic rings. The largest absolute Gasteiger partial charge is 0.352 e. The predicted octanol–water partition coefficient (Wildman–Crippen LogP) is 6.20. The number of rotatable bonds is 12. The molecule has 8 heteroatoms. The van der Waals surface area contributed by atoms with Gasteiger partial charge in [0.15, 0.2) is 0 Å². The van der Waals surface area contributed by atoms with Crippen LogP contribution in [0.4, 0.5) is 5.69 Å². The smallest absolute Gasteiger partial charge is 0.264 e. The zero-order valence-corrected chi connectivity index (χ0v) is 26.7. The third-order valence-corrected chi connectivity index (χ3v) is 10.1. The summed E-state index contributed by atoms with van der Waals surface area (Å²) in [4.78, 5) is 30.3. The van der Waals surface area contributed by atoms with Crippen LogP contribution in [0.25, 0.3) is 0 Å². The van der Waals surface area contributed by atoms with E-state index in [9.17, 15) is 18.0 Å². The molecule has 0 heterocycles. The Hall–Kier alpha value is -4.43. The van der Waals surface area contributed by atoms with Crippen molar-refractivity contribution >= 4 is 27.5 Å². The van der Waals surface area contributed by atoms with Crippen LogP contribution in [0.1, 0.15) is 47.9 Å². The minimum atomic E-state index is -4.12. The maximum Gasteiger partial charge on any atom is 0.264 e. The summed E-state index contributed by atoms with van der Waals surface area (Å²) in [6.07, 6.45) is 4.23. The van der Waals surface area contributed by atoms with Crippen LogP contribution in [0.3, 0.4) is 0 Å². The van der Waals surface area contributed by atoms with Gasteiger partial charge < -0.3 is 10.2 Å². The number of amides is 2. The molecule has 45 heavy (non-hydrogen) atoms. The highest BCUT2D eigenvalue weighted by atomic mass is 32.2. The highest BCUT2D eigenvalue weighted by Gasteiger charge is 2.35. The van der Waals surface area contributed by atoms with E-state index in [0.29, 0.717) is 12.1 Å². The minimum absolute atomic E-state index is 0.0638. The summed E-state index contributed by atoms with van der Waals surface area (Å²) >= 11 is 0. The number of benzene rings is 4. The fraction of sp³-hybridized carbons (Fsp3) is 0.297. The van der Waals surface area contributed by atoms with E-state index in [2.05, 4.69) is 5.32 Å². The third kappa shape index (κ3) is 8.19. The molecule has 1 N–H and O–H groups in total. The van der Waals surface area contributed by atoms with E-state index in [4.69, 9.17) is 0 Å². The molecule has 2 amide bonds. The van der Waals surface area contributed by atoms with Crippen LogP contribution in [-0.2, 0) is 32.6 Å². The monoisotopic (exact) mass is 623 g/mol. The van der Waals surface area contributed by atoms with Gasteiger partial charge >= 0.3 is 0 Å². The number of hydrogen-bond donors (Lipinski definition) is 1. The Kier molecular flexibility index (Phi) is 10.4. The lowest BCUT2D eigenvalue weighted by Crippen LogP contribution is -2.54. The number of nitrogens with one attached hydrogen (secondary N) is 1.